The summed E-state index contributed by atoms with van der Waals surface area (Å²) in [6.07, 6.45) is 1.77. The predicted molar refractivity (Wildman–Crippen MR) is 84.8 cm³/mol. The standard InChI is InChI=1S/C14H18BrN5O/c1-10(2)16-7-13-8-20(19-18-13)9-14(21)17-12-5-3-4-11(15)6-12/h3-6,8,10,16H,7,9H2,1-2H3,(H,17,21). The quantitative estimate of drug-likeness (QED) is 0.836. The Bertz CT molecular complexity index is 611. The van der Waals surface area contributed by atoms with E-state index >= 15 is 0 Å². The van der Waals surface area contributed by atoms with Gasteiger partial charge < -0.3 is 10.6 Å². The molecule has 0 fully saturated rings. The first-order valence-corrected chi connectivity index (χ1v) is 7.50. The third-order valence-corrected chi connectivity index (χ3v) is 3.18. The number of nitrogens with one attached hydrogen (secondary N) is 2. The van der Waals surface area contributed by atoms with E-state index in [9.17, 15) is 4.79 Å². The van der Waals surface area contributed by atoms with Gasteiger partial charge in [0.1, 0.15) is 6.54 Å². The van der Waals surface area contributed by atoms with Crippen molar-refractivity contribution in [1.29, 1.82) is 0 Å². The smallest absolute Gasteiger partial charge is 0.246 e. The maximum absolute atomic E-state index is 11.9. The number of carbonyl (C=O) groups is 1. The van der Waals surface area contributed by atoms with Crippen molar-refractivity contribution in [2.24, 2.45) is 0 Å². The summed E-state index contributed by atoms with van der Waals surface area (Å²) in [5.74, 6) is -0.138. The minimum Gasteiger partial charge on any atom is -0.324 e. The van der Waals surface area contributed by atoms with Gasteiger partial charge in [-0.05, 0) is 18.2 Å². The molecular weight excluding hydrogens is 334 g/mol. The van der Waals surface area contributed by atoms with E-state index in [1.54, 1.807) is 6.20 Å². The second-order valence-electron chi connectivity index (χ2n) is 5.00. The molecule has 0 aliphatic heterocycles. The van der Waals surface area contributed by atoms with Crippen molar-refractivity contribution >= 4 is 27.5 Å². The maximum atomic E-state index is 11.9. The fraction of sp³-hybridized carbons (Fsp3) is 0.357. The third kappa shape index (κ3) is 5.28. The summed E-state index contributed by atoms with van der Waals surface area (Å²) in [5, 5.41) is 14.0. The van der Waals surface area contributed by atoms with Crippen LogP contribution in [-0.2, 0) is 17.9 Å². The van der Waals surface area contributed by atoms with Gasteiger partial charge in [-0.2, -0.15) is 0 Å². The van der Waals surface area contributed by atoms with Gasteiger partial charge in [-0.15, -0.1) is 5.10 Å². The summed E-state index contributed by atoms with van der Waals surface area (Å²) in [6.45, 7) is 4.91. The lowest BCUT2D eigenvalue weighted by Gasteiger charge is -2.05. The van der Waals surface area contributed by atoms with Gasteiger partial charge in [0.25, 0.3) is 0 Å². The van der Waals surface area contributed by atoms with Crippen LogP contribution >= 0.6 is 15.9 Å². The third-order valence-electron chi connectivity index (χ3n) is 2.69. The molecule has 2 N–H and O–H groups in total. The van der Waals surface area contributed by atoms with Crippen molar-refractivity contribution in [2.45, 2.75) is 33.0 Å². The van der Waals surface area contributed by atoms with E-state index in [1.165, 1.54) is 4.68 Å². The number of hydrogen-bond donors (Lipinski definition) is 2. The molecule has 7 heteroatoms. The molecule has 1 aromatic heterocycles. The number of anilines is 1. The number of halogens is 1. The molecule has 0 radical (unpaired) electrons. The van der Waals surface area contributed by atoms with E-state index in [0.29, 0.717) is 12.6 Å². The Morgan fingerprint density at radius 1 is 1.43 bits per heavy atom. The first-order chi connectivity index (χ1) is 10.0. The number of benzene rings is 1. The molecule has 1 amide bonds. The Hall–Kier alpha value is -1.73. The highest BCUT2D eigenvalue weighted by atomic mass is 79.9. The fourth-order valence-corrected chi connectivity index (χ4v) is 2.12. The van der Waals surface area contributed by atoms with Crippen LogP contribution in [0, 0.1) is 0 Å². The molecule has 0 aliphatic rings. The van der Waals surface area contributed by atoms with Gasteiger partial charge in [-0.25, -0.2) is 4.68 Å². The molecule has 2 aromatic rings. The molecule has 2 rings (SSSR count). The molecule has 0 bridgehead atoms. The summed E-state index contributed by atoms with van der Waals surface area (Å²) in [4.78, 5) is 11.9. The maximum Gasteiger partial charge on any atom is 0.246 e. The summed E-state index contributed by atoms with van der Waals surface area (Å²) < 4.78 is 2.45. The molecule has 0 unspecified atom stereocenters. The van der Waals surface area contributed by atoms with E-state index in [-0.39, 0.29) is 12.5 Å². The van der Waals surface area contributed by atoms with Gasteiger partial charge in [0.15, 0.2) is 0 Å². The zero-order chi connectivity index (χ0) is 15.2. The number of rotatable bonds is 6. The summed E-state index contributed by atoms with van der Waals surface area (Å²) in [6, 6.07) is 7.83. The van der Waals surface area contributed by atoms with Crippen LogP contribution < -0.4 is 10.6 Å². The lowest BCUT2D eigenvalue weighted by Crippen LogP contribution is -2.22. The van der Waals surface area contributed by atoms with Gasteiger partial charge >= 0.3 is 0 Å². The van der Waals surface area contributed by atoms with Crippen LogP contribution in [0.3, 0.4) is 0 Å². The highest BCUT2D eigenvalue weighted by Gasteiger charge is 2.07. The highest BCUT2D eigenvalue weighted by molar-refractivity contribution is 9.10. The van der Waals surface area contributed by atoms with Crippen molar-refractivity contribution in [2.75, 3.05) is 5.32 Å². The number of hydrogen-bond acceptors (Lipinski definition) is 4. The summed E-state index contributed by atoms with van der Waals surface area (Å²) in [5.41, 5.74) is 1.56. The van der Waals surface area contributed by atoms with E-state index in [2.05, 4.69) is 50.7 Å². The monoisotopic (exact) mass is 351 g/mol. The molecule has 1 heterocycles. The van der Waals surface area contributed by atoms with Crippen LogP contribution in [0.5, 0.6) is 0 Å². The van der Waals surface area contributed by atoms with Crippen molar-refractivity contribution < 1.29 is 4.79 Å². The normalized spacial score (nSPS) is 10.9. The fourth-order valence-electron chi connectivity index (χ4n) is 1.72. The predicted octanol–water partition coefficient (Wildman–Crippen LogP) is 2.18. The lowest BCUT2D eigenvalue weighted by atomic mass is 10.3. The minimum absolute atomic E-state index is 0.138. The van der Waals surface area contributed by atoms with Crippen LogP contribution in [0.15, 0.2) is 34.9 Å². The molecule has 0 atom stereocenters. The molecule has 0 aliphatic carbocycles. The van der Waals surface area contributed by atoms with Crippen molar-refractivity contribution in [3.8, 4) is 0 Å². The summed E-state index contributed by atoms with van der Waals surface area (Å²) in [7, 11) is 0. The number of carbonyl (C=O) groups excluding carboxylic acids is 1. The first-order valence-electron chi connectivity index (χ1n) is 6.71. The van der Waals surface area contributed by atoms with E-state index in [4.69, 9.17) is 0 Å². The van der Waals surface area contributed by atoms with Gasteiger partial charge in [0.05, 0.1) is 11.9 Å². The number of nitrogens with zero attached hydrogens (tertiary/aromatic N) is 3. The van der Waals surface area contributed by atoms with Crippen LogP contribution in [-0.4, -0.2) is 26.9 Å². The van der Waals surface area contributed by atoms with Crippen LogP contribution in [0.2, 0.25) is 0 Å². The van der Waals surface area contributed by atoms with Crippen LogP contribution in [0.4, 0.5) is 5.69 Å². The zero-order valence-electron chi connectivity index (χ0n) is 12.0. The van der Waals surface area contributed by atoms with Crippen molar-refractivity contribution in [3.05, 3.63) is 40.6 Å². The highest BCUT2D eigenvalue weighted by Crippen LogP contribution is 2.15. The molecule has 1 aromatic carbocycles. The van der Waals surface area contributed by atoms with Gasteiger partial charge in [-0.1, -0.05) is 41.1 Å². The topological polar surface area (TPSA) is 71.8 Å². The van der Waals surface area contributed by atoms with E-state index in [0.717, 1.165) is 15.9 Å². The number of amides is 1. The van der Waals surface area contributed by atoms with Gasteiger partial charge in [0, 0.05) is 22.7 Å². The first kappa shape index (κ1) is 15.7. The largest absolute Gasteiger partial charge is 0.324 e. The Morgan fingerprint density at radius 3 is 2.95 bits per heavy atom. The Kier molecular flexibility index (Phi) is 5.46. The second-order valence-corrected chi connectivity index (χ2v) is 5.92. The summed E-state index contributed by atoms with van der Waals surface area (Å²) >= 11 is 3.37. The molecule has 112 valence electrons. The lowest BCUT2D eigenvalue weighted by molar-refractivity contribution is -0.116. The Balaban J connectivity index is 1.88. The molecular formula is C14H18BrN5O. The van der Waals surface area contributed by atoms with Gasteiger partial charge in [-0.3, -0.25) is 4.79 Å². The van der Waals surface area contributed by atoms with Gasteiger partial charge in [0.2, 0.25) is 5.91 Å². The molecule has 21 heavy (non-hydrogen) atoms. The van der Waals surface area contributed by atoms with E-state index in [1.807, 2.05) is 24.3 Å². The van der Waals surface area contributed by atoms with Crippen LogP contribution in [0.25, 0.3) is 0 Å². The van der Waals surface area contributed by atoms with E-state index < -0.39 is 0 Å². The molecule has 6 nitrogen and oxygen atoms in total. The second kappa shape index (κ2) is 7.33. The average molecular weight is 352 g/mol. The number of aromatic nitrogens is 3. The Morgan fingerprint density at radius 2 is 2.24 bits per heavy atom. The zero-order valence-corrected chi connectivity index (χ0v) is 13.6. The average Bonchev–Trinajstić information content (AvgIpc) is 2.83. The Labute approximate surface area is 132 Å². The van der Waals surface area contributed by atoms with Crippen molar-refractivity contribution in [1.82, 2.24) is 20.3 Å². The minimum atomic E-state index is -0.138. The molecule has 0 saturated heterocycles. The SMILES string of the molecule is CC(C)NCc1cn(CC(=O)Nc2cccc(Br)c2)nn1. The molecule has 0 saturated carbocycles. The van der Waals surface area contributed by atoms with Crippen LogP contribution in [0.1, 0.15) is 19.5 Å². The molecule has 0 spiro atoms. The van der Waals surface area contributed by atoms with Crippen molar-refractivity contribution in [3.63, 3.8) is 0 Å².